The summed E-state index contributed by atoms with van der Waals surface area (Å²) < 4.78 is 5.06. The molecule has 1 N–H and O–H groups in total. The number of rotatable bonds is 6. The number of hydrogen-bond acceptors (Lipinski definition) is 4. The Morgan fingerprint density at radius 3 is 2.58 bits per heavy atom. The molecule has 1 saturated carbocycles. The largest absolute Gasteiger partial charge is 0.481 e. The molecule has 1 heterocycles. The highest BCUT2D eigenvalue weighted by atomic mass is 16.5. The minimum absolute atomic E-state index is 0.347. The first-order valence-corrected chi connectivity index (χ1v) is 7.03. The molecule has 4 heteroatoms. The highest BCUT2D eigenvalue weighted by molar-refractivity contribution is 5.17. The van der Waals surface area contributed by atoms with Gasteiger partial charge < -0.3 is 15.0 Å². The van der Waals surface area contributed by atoms with E-state index in [0.29, 0.717) is 11.4 Å². The Morgan fingerprint density at radius 1 is 1.32 bits per heavy atom. The minimum atomic E-state index is 0.347. The van der Waals surface area contributed by atoms with Crippen molar-refractivity contribution in [2.75, 3.05) is 27.7 Å². The van der Waals surface area contributed by atoms with Crippen molar-refractivity contribution in [1.82, 2.24) is 15.2 Å². The number of aromatic nitrogens is 1. The number of methoxy groups -OCH3 is 1. The second-order valence-corrected chi connectivity index (χ2v) is 5.64. The number of nitrogens with zero attached hydrogens (tertiary/aromatic N) is 2. The maximum atomic E-state index is 5.06. The summed E-state index contributed by atoms with van der Waals surface area (Å²) in [6.45, 7) is 1.92. The van der Waals surface area contributed by atoms with E-state index in [2.05, 4.69) is 35.4 Å². The lowest BCUT2D eigenvalue weighted by Crippen LogP contribution is -2.49. The molecule has 4 nitrogen and oxygen atoms in total. The van der Waals surface area contributed by atoms with Crippen LogP contribution in [0.3, 0.4) is 0 Å². The Hall–Kier alpha value is -1.13. The average molecular weight is 263 g/mol. The van der Waals surface area contributed by atoms with E-state index >= 15 is 0 Å². The fourth-order valence-electron chi connectivity index (χ4n) is 2.89. The Balaban J connectivity index is 1.84. The normalized spacial score (nSPS) is 17.9. The zero-order valence-corrected chi connectivity index (χ0v) is 12.3. The maximum absolute atomic E-state index is 5.06. The molecule has 0 aromatic carbocycles. The van der Waals surface area contributed by atoms with Crippen LogP contribution in [-0.2, 0) is 6.54 Å². The molecule has 2 rings (SSSR count). The van der Waals surface area contributed by atoms with Gasteiger partial charge in [0.15, 0.2) is 0 Å². The van der Waals surface area contributed by atoms with Crippen molar-refractivity contribution in [3.05, 3.63) is 23.9 Å². The monoisotopic (exact) mass is 263 g/mol. The molecule has 0 atom stereocenters. The van der Waals surface area contributed by atoms with E-state index in [1.54, 1.807) is 7.11 Å². The van der Waals surface area contributed by atoms with Crippen molar-refractivity contribution >= 4 is 0 Å². The van der Waals surface area contributed by atoms with E-state index in [4.69, 9.17) is 4.74 Å². The fraction of sp³-hybridized carbons (Fsp3) is 0.667. The van der Waals surface area contributed by atoms with E-state index in [0.717, 1.165) is 13.1 Å². The number of ether oxygens (including phenoxy) is 1. The molecule has 106 valence electrons. The summed E-state index contributed by atoms with van der Waals surface area (Å²) in [5, 5.41) is 3.58. The predicted octanol–water partition coefficient (Wildman–Crippen LogP) is 2.05. The zero-order valence-electron chi connectivity index (χ0n) is 12.3. The molecular formula is C15H25N3O. The highest BCUT2D eigenvalue weighted by Crippen LogP contribution is 2.33. The average Bonchev–Trinajstić information content (AvgIpc) is 2.90. The second kappa shape index (κ2) is 6.35. The van der Waals surface area contributed by atoms with Gasteiger partial charge in [-0.3, -0.25) is 0 Å². The van der Waals surface area contributed by atoms with Crippen molar-refractivity contribution in [2.45, 2.75) is 37.8 Å². The van der Waals surface area contributed by atoms with Crippen molar-refractivity contribution < 1.29 is 4.74 Å². The predicted molar refractivity (Wildman–Crippen MR) is 77.4 cm³/mol. The van der Waals surface area contributed by atoms with Crippen LogP contribution in [0.5, 0.6) is 5.88 Å². The van der Waals surface area contributed by atoms with Crippen LogP contribution in [0.4, 0.5) is 0 Å². The van der Waals surface area contributed by atoms with Gasteiger partial charge in [0.05, 0.1) is 7.11 Å². The van der Waals surface area contributed by atoms with Gasteiger partial charge in [0.2, 0.25) is 5.88 Å². The first-order valence-electron chi connectivity index (χ1n) is 7.03. The quantitative estimate of drug-likeness (QED) is 0.852. The molecule has 1 fully saturated rings. The SMILES string of the molecule is COc1ccc(CNCC2(N(C)C)CCCC2)cn1. The number of pyridine rings is 1. The van der Waals surface area contributed by atoms with Gasteiger partial charge in [0.25, 0.3) is 0 Å². The lowest BCUT2D eigenvalue weighted by molar-refractivity contribution is 0.153. The van der Waals surface area contributed by atoms with Gasteiger partial charge in [-0.15, -0.1) is 0 Å². The summed E-state index contributed by atoms with van der Waals surface area (Å²) in [6.07, 6.45) is 7.18. The third-order valence-electron chi connectivity index (χ3n) is 4.27. The molecule has 0 amide bonds. The smallest absolute Gasteiger partial charge is 0.212 e. The van der Waals surface area contributed by atoms with E-state index < -0.39 is 0 Å². The van der Waals surface area contributed by atoms with Gasteiger partial charge in [0.1, 0.15) is 0 Å². The third-order valence-corrected chi connectivity index (χ3v) is 4.27. The van der Waals surface area contributed by atoms with Gasteiger partial charge >= 0.3 is 0 Å². The van der Waals surface area contributed by atoms with Gasteiger partial charge in [-0.25, -0.2) is 4.98 Å². The van der Waals surface area contributed by atoms with Crippen molar-refractivity contribution in [2.24, 2.45) is 0 Å². The van der Waals surface area contributed by atoms with Crippen LogP contribution in [-0.4, -0.2) is 43.2 Å². The molecule has 1 aliphatic rings. The summed E-state index contributed by atoms with van der Waals surface area (Å²) in [7, 11) is 6.03. The standard InChI is InChI=1S/C15H25N3O/c1-18(2)15(8-4-5-9-15)12-16-10-13-6-7-14(19-3)17-11-13/h6-7,11,16H,4-5,8-10,12H2,1-3H3. The number of hydrogen-bond donors (Lipinski definition) is 1. The molecule has 0 bridgehead atoms. The Labute approximate surface area is 116 Å². The van der Waals surface area contributed by atoms with Gasteiger partial charge in [-0.1, -0.05) is 18.9 Å². The molecule has 1 aromatic rings. The molecular weight excluding hydrogens is 238 g/mol. The molecule has 0 spiro atoms. The highest BCUT2D eigenvalue weighted by Gasteiger charge is 2.35. The van der Waals surface area contributed by atoms with Gasteiger partial charge in [0, 0.05) is 30.9 Å². The van der Waals surface area contributed by atoms with Crippen molar-refractivity contribution in [1.29, 1.82) is 0 Å². The van der Waals surface area contributed by atoms with E-state index in [1.165, 1.54) is 31.2 Å². The van der Waals surface area contributed by atoms with Gasteiger partial charge in [-0.05, 0) is 32.5 Å². The molecule has 1 aromatic heterocycles. The van der Waals surface area contributed by atoms with Crippen molar-refractivity contribution in [3.8, 4) is 5.88 Å². The molecule has 0 radical (unpaired) electrons. The summed E-state index contributed by atoms with van der Waals surface area (Å²) in [6, 6.07) is 3.98. The first-order chi connectivity index (χ1) is 9.16. The first kappa shape index (κ1) is 14.3. The Morgan fingerprint density at radius 2 is 2.05 bits per heavy atom. The van der Waals surface area contributed by atoms with Crippen LogP contribution in [0.25, 0.3) is 0 Å². The molecule has 19 heavy (non-hydrogen) atoms. The van der Waals surface area contributed by atoms with Crippen LogP contribution in [0.1, 0.15) is 31.2 Å². The van der Waals surface area contributed by atoms with Crippen molar-refractivity contribution in [3.63, 3.8) is 0 Å². The summed E-state index contributed by atoms with van der Waals surface area (Å²) in [5.74, 6) is 0.671. The molecule has 0 aliphatic heterocycles. The molecule has 0 unspecified atom stereocenters. The van der Waals surface area contributed by atoms with E-state index in [1.807, 2.05) is 12.3 Å². The minimum Gasteiger partial charge on any atom is -0.481 e. The Bertz CT molecular complexity index is 383. The summed E-state index contributed by atoms with van der Waals surface area (Å²) in [5.41, 5.74) is 1.55. The third kappa shape index (κ3) is 3.45. The van der Waals surface area contributed by atoms with E-state index in [-0.39, 0.29) is 0 Å². The molecule has 0 saturated heterocycles. The number of likely N-dealkylation sites (N-methyl/N-ethyl adjacent to an activating group) is 1. The van der Waals surface area contributed by atoms with Crippen LogP contribution < -0.4 is 10.1 Å². The Kier molecular flexibility index (Phi) is 4.77. The molecule has 1 aliphatic carbocycles. The topological polar surface area (TPSA) is 37.4 Å². The van der Waals surface area contributed by atoms with Crippen LogP contribution >= 0.6 is 0 Å². The summed E-state index contributed by atoms with van der Waals surface area (Å²) in [4.78, 5) is 6.62. The van der Waals surface area contributed by atoms with Gasteiger partial charge in [-0.2, -0.15) is 0 Å². The summed E-state index contributed by atoms with van der Waals surface area (Å²) >= 11 is 0. The van der Waals surface area contributed by atoms with E-state index in [9.17, 15) is 0 Å². The van der Waals surface area contributed by atoms with Crippen LogP contribution in [0, 0.1) is 0 Å². The fourth-order valence-corrected chi connectivity index (χ4v) is 2.89. The van der Waals surface area contributed by atoms with Crippen LogP contribution in [0.2, 0.25) is 0 Å². The second-order valence-electron chi connectivity index (χ2n) is 5.64. The number of nitrogens with one attached hydrogen (secondary N) is 1. The maximum Gasteiger partial charge on any atom is 0.212 e. The zero-order chi connectivity index (χ0) is 13.7. The van der Waals surface area contributed by atoms with Crippen LogP contribution in [0.15, 0.2) is 18.3 Å². The lowest BCUT2D eigenvalue weighted by atomic mass is 9.96. The lowest BCUT2D eigenvalue weighted by Gasteiger charge is -2.36.